The minimum Gasteiger partial charge on any atom is -0.497 e. The zero-order valence-electron chi connectivity index (χ0n) is 23.5. The van der Waals surface area contributed by atoms with E-state index in [4.69, 9.17) is 23.9 Å². The molecule has 0 radical (unpaired) electrons. The molecule has 0 fully saturated rings. The summed E-state index contributed by atoms with van der Waals surface area (Å²) < 4.78 is 24.2. The van der Waals surface area contributed by atoms with Gasteiger partial charge in [0.2, 0.25) is 0 Å². The van der Waals surface area contributed by atoms with Crippen LogP contribution in [-0.2, 0) is 9.53 Å². The Labute approximate surface area is 247 Å². The van der Waals surface area contributed by atoms with E-state index in [-0.39, 0.29) is 17.7 Å². The lowest BCUT2D eigenvalue weighted by molar-refractivity contribution is -0.138. The van der Waals surface area contributed by atoms with Crippen molar-refractivity contribution in [1.29, 1.82) is 0 Å². The highest BCUT2D eigenvalue weighted by Gasteiger charge is 2.35. The average Bonchev–Trinajstić information content (AvgIpc) is 3.33. The molecule has 0 saturated carbocycles. The summed E-state index contributed by atoms with van der Waals surface area (Å²) in [4.78, 5) is 33.0. The van der Waals surface area contributed by atoms with Gasteiger partial charge in [-0.3, -0.25) is 9.36 Å². The molecule has 214 valence electrons. The molecular formula is C33H30N2O6S. The molecular weight excluding hydrogens is 552 g/mol. The van der Waals surface area contributed by atoms with Crippen LogP contribution in [0.5, 0.6) is 17.2 Å². The number of carbonyl (C=O) groups is 1. The van der Waals surface area contributed by atoms with E-state index in [9.17, 15) is 9.59 Å². The Morgan fingerprint density at radius 2 is 1.83 bits per heavy atom. The van der Waals surface area contributed by atoms with Crippen LogP contribution in [-0.4, -0.2) is 38.0 Å². The molecule has 4 aromatic rings. The minimum atomic E-state index is -0.794. The van der Waals surface area contributed by atoms with Crippen LogP contribution < -0.4 is 29.1 Å². The maximum absolute atomic E-state index is 14.1. The monoisotopic (exact) mass is 582 g/mol. The number of methoxy groups -OCH3 is 2. The van der Waals surface area contributed by atoms with E-state index in [2.05, 4.69) is 6.58 Å². The minimum absolute atomic E-state index is 0.175. The van der Waals surface area contributed by atoms with Crippen molar-refractivity contribution < 1.29 is 23.7 Å². The van der Waals surface area contributed by atoms with Crippen LogP contribution in [0.25, 0.3) is 11.8 Å². The Bertz CT molecular complexity index is 1840. The van der Waals surface area contributed by atoms with E-state index < -0.39 is 12.0 Å². The molecule has 0 spiro atoms. The molecule has 1 atom stereocenters. The van der Waals surface area contributed by atoms with Gasteiger partial charge in [-0.2, -0.15) is 0 Å². The number of thiazole rings is 1. The molecule has 42 heavy (non-hydrogen) atoms. The SMILES string of the molecule is C=CCOc1ccc(/C=c2\sc3n(c2=O)[C@@H](c2cccc(OC)c2)C(C(=O)OCC)=C(c2ccccc2)N=3)cc1OC. The largest absolute Gasteiger partial charge is 0.497 e. The fourth-order valence-corrected chi connectivity index (χ4v) is 5.76. The van der Waals surface area contributed by atoms with Crippen molar-refractivity contribution in [2.45, 2.75) is 13.0 Å². The highest BCUT2D eigenvalue weighted by molar-refractivity contribution is 7.07. The molecule has 5 rings (SSSR count). The fraction of sp³-hybridized carbons (Fsp3) is 0.182. The van der Waals surface area contributed by atoms with Gasteiger partial charge in [0, 0.05) is 5.56 Å². The second kappa shape index (κ2) is 12.7. The first kappa shape index (κ1) is 28.6. The molecule has 1 aliphatic rings. The summed E-state index contributed by atoms with van der Waals surface area (Å²) >= 11 is 1.25. The molecule has 3 aromatic carbocycles. The van der Waals surface area contributed by atoms with Crippen molar-refractivity contribution in [3.05, 3.63) is 127 Å². The summed E-state index contributed by atoms with van der Waals surface area (Å²) in [6, 6.07) is 21.4. The molecule has 0 N–H and O–H groups in total. The van der Waals surface area contributed by atoms with Gasteiger partial charge in [0.1, 0.15) is 12.4 Å². The Hall–Kier alpha value is -4.89. The Morgan fingerprint density at radius 3 is 2.55 bits per heavy atom. The van der Waals surface area contributed by atoms with Crippen LogP contribution in [0, 0.1) is 0 Å². The zero-order chi connectivity index (χ0) is 29.6. The number of rotatable bonds is 10. The van der Waals surface area contributed by atoms with Crippen LogP contribution in [0.15, 0.2) is 101 Å². The maximum Gasteiger partial charge on any atom is 0.338 e. The van der Waals surface area contributed by atoms with Gasteiger partial charge in [-0.05, 0) is 48.4 Å². The van der Waals surface area contributed by atoms with Gasteiger partial charge in [-0.1, -0.05) is 72.5 Å². The van der Waals surface area contributed by atoms with Crippen molar-refractivity contribution in [3.8, 4) is 17.2 Å². The summed E-state index contributed by atoms with van der Waals surface area (Å²) in [5, 5.41) is 0. The molecule has 9 heteroatoms. The first-order valence-corrected chi connectivity index (χ1v) is 14.1. The lowest BCUT2D eigenvalue weighted by Crippen LogP contribution is -2.40. The number of esters is 1. The summed E-state index contributed by atoms with van der Waals surface area (Å²) in [5.74, 6) is 1.16. The van der Waals surface area contributed by atoms with Gasteiger partial charge in [-0.25, -0.2) is 9.79 Å². The molecule has 0 aliphatic carbocycles. The van der Waals surface area contributed by atoms with Crippen molar-refractivity contribution in [2.24, 2.45) is 4.99 Å². The predicted molar refractivity (Wildman–Crippen MR) is 163 cm³/mol. The van der Waals surface area contributed by atoms with Crippen molar-refractivity contribution in [1.82, 2.24) is 4.57 Å². The molecule has 0 unspecified atom stereocenters. The summed E-state index contributed by atoms with van der Waals surface area (Å²) in [6.45, 7) is 5.94. The van der Waals surface area contributed by atoms with E-state index in [1.807, 2.05) is 60.7 Å². The highest BCUT2D eigenvalue weighted by atomic mass is 32.1. The van der Waals surface area contributed by atoms with Crippen molar-refractivity contribution >= 4 is 29.1 Å². The van der Waals surface area contributed by atoms with Crippen LogP contribution >= 0.6 is 11.3 Å². The lowest BCUT2D eigenvalue weighted by atomic mass is 9.93. The van der Waals surface area contributed by atoms with Crippen molar-refractivity contribution in [2.75, 3.05) is 27.4 Å². The van der Waals surface area contributed by atoms with E-state index in [1.54, 1.807) is 50.0 Å². The van der Waals surface area contributed by atoms with Crippen LogP contribution in [0.4, 0.5) is 0 Å². The van der Waals surface area contributed by atoms with Gasteiger partial charge in [0.05, 0.1) is 42.7 Å². The average molecular weight is 583 g/mol. The molecule has 2 heterocycles. The van der Waals surface area contributed by atoms with Crippen LogP contribution in [0.1, 0.15) is 29.7 Å². The van der Waals surface area contributed by atoms with Crippen LogP contribution in [0.2, 0.25) is 0 Å². The Kier molecular flexibility index (Phi) is 8.68. The molecule has 0 bridgehead atoms. The Morgan fingerprint density at radius 1 is 1.02 bits per heavy atom. The molecule has 0 amide bonds. The molecule has 1 aromatic heterocycles. The fourth-order valence-electron chi connectivity index (χ4n) is 4.76. The van der Waals surface area contributed by atoms with E-state index in [0.717, 1.165) is 11.1 Å². The summed E-state index contributed by atoms with van der Waals surface area (Å²) in [6.07, 6.45) is 3.43. The molecule has 8 nitrogen and oxygen atoms in total. The first-order valence-electron chi connectivity index (χ1n) is 13.3. The van der Waals surface area contributed by atoms with E-state index in [0.29, 0.717) is 44.4 Å². The summed E-state index contributed by atoms with van der Waals surface area (Å²) in [5.41, 5.74) is 2.63. The number of benzene rings is 3. The van der Waals surface area contributed by atoms with Gasteiger partial charge in [0.15, 0.2) is 16.3 Å². The second-order valence-electron chi connectivity index (χ2n) is 9.22. The third-order valence-electron chi connectivity index (χ3n) is 6.63. The van der Waals surface area contributed by atoms with Gasteiger partial charge >= 0.3 is 5.97 Å². The number of hydrogen-bond donors (Lipinski definition) is 0. The number of ether oxygens (including phenoxy) is 4. The zero-order valence-corrected chi connectivity index (χ0v) is 24.4. The quantitative estimate of drug-likeness (QED) is 0.202. The maximum atomic E-state index is 14.1. The smallest absolute Gasteiger partial charge is 0.338 e. The normalized spacial score (nSPS) is 14.5. The number of carbonyl (C=O) groups excluding carboxylic acids is 1. The lowest BCUT2D eigenvalue weighted by Gasteiger charge is -2.26. The van der Waals surface area contributed by atoms with E-state index >= 15 is 0 Å². The predicted octanol–water partition coefficient (Wildman–Crippen LogP) is 4.52. The highest BCUT2D eigenvalue weighted by Crippen LogP contribution is 2.36. The van der Waals surface area contributed by atoms with Gasteiger partial charge in [0.25, 0.3) is 5.56 Å². The number of aromatic nitrogens is 1. The third kappa shape index (κ3) is 5.64. The van der Waals surface area contributed by atoms with Crippen LogP contribution in [0.3, 0.4) is 0 Å². The first-order chi connectivity index (χ1) is 20.5. The Balaban J connectivity index is 1.76. The van der Waals surface area contributed by atoms with Gasteiger partial charge < -0.3 is 18.9 Å². The van der Waals surface area contributed by atoms with Crippen molar-refractivity contribution in [3.63, 3.8) is 0 Å². The number of fused-ring (bicyclic) bond motifs is 1. The topological polar surface area (TPSA) is 88.4 Å². The molecule has 1 aliphatic heterocycles. The number of hydrogen-bond acceptors (Lipinski definition) is 8. The standard InChI is InChI=1S/C33H30N2O6S/c1-5-17-41-25-16-15-21(18-26(25)39-4)19-27-31(36)35-30(23-13-10-14-24(20-23)38-3)28(32(37)40-6-2)29(34-33(35)42-27)22-11-8-7-9-12-22/h5,7-16,18-20,30H,1,6,17H2,2-4H3/b27-19-/t30-/m0/s1. The molecule has 0 saturated heterocycles. The summed E-state index contributed by atoms with van der Waals surface area (Å²) in [7, 11) is 3.13. The second-order valence-corrected chi connectivity index (χ2v) is 10.2. The van der Waals surface area contributed by atoms with E-state index in [1.165, 1.54) is 11.3 Å². The van der Waals surface area contributed by atoms with Gasteiger partial charge in [-0.15, -0.1) is 0 Å². The third-order valence-corrected chi connectivity index (χ3v) is 7.61. The number of nitrogens with zero attached hydrogens (tertiary/aromatic N) is 2.